The van der Waals surface area contributed by atoms with E-state index in [0.29, 0.717) is 23.4 Å². The van der Waals surface area contributed by atoms with Gasteiger partial charge in [0.15, 0.2) is 11.5 Å². The van der Waals surface area contributed by atoms with Gasteiger partial charge in [0.25, 0.3) is 5.91 Å². The number of hydrogen-bond acceptors (Lipinski definition) is 4. The number of aryl methyl sites for hydroxylation is 1. The van der Waals surface area contributed by atoms with E-state index in [1.807, 2.05) is 13.0 Å². The van der Waals surface area contributed by atoms with Gasteiger partial charge in [0.1, 0.15) is 5.52 Å². The number of carbonyl (C=O) groups excluding carboxylic acids is 1. The summed E-state index contributed by atoms with van der Waals surface area (Å²) in [6, 6.07) is 5.71. The van der Waals surface area contributed by atoms with Crippen LogP contribution >= 0.6 is 0 Å². The molecule has 104 valence electrons. The molecule has 2 aliphatic heterocycles. The molecule has 1 amide bonds. The fourth-order valence-corrected chi connectivity index (χ4v) is 3.38. The van der Waals surface area contributed by atoms with Crippen molar-refractivity contribution in [3.05, 3.63) is 29.7 Å². The Balaban J connectivity index is 1.54. The van der Waals surface area contributed by atoms with Gasteiger partial charge in [-0.15, -0.1) is 0 Å². The molecule has 1 N–H and O–H groups in total. The summed E-state index contributed by atoms with van der Waals surface area (Å²) >= 11 is 0. The minimum atomic E-state index is -0.00805. The zero-order valence-electron chi connectivity index (χ0n) is 11.4. The number of piperidine rings is 1. The summed E-state index contributed by atoms with van der Waals surface area (Å²) in [6.45, 7) is 5.11. The maximum absolute atomic E-state index is 12.3. The SMILES string of the molecule is Cc1nc2cc(C(=O)NC3CN4CC[C@H]3C4)ccc2o1. The van der Waals surface area contributed by atoms with Crippen LogP contribution in [0, 0.1) is 12.8 Å². The first-order valence-corrected chi connectivity index (χ1v) is 7.09. The van der Waals surface area contributed by atoms with Crippen LogP contribution in [0.1, 0.15) is 22.7 Å². The van der Waals surface area contributed by atoms with Crippen molar-refractivity contribution in [1.82, 2.24) is 15.2 Å². The zero-order chi connectivity index (χ0) is 13.7. The topological polar surface area (TPSA) is 58.4 Å². The molecular weight excluding hydrogens is 254 g/mol. The van der Waals surface area contributed by atoms with Crippen molar-refractivity contribution in [3.8, 4) is 0 Å². The van der Waals surface area contributed by atoms with Gasteiger partial charge >= 0.3 is 0 Å². The number of oxazole rings is 1. The van der Waals surface area contributed by atoms with E-state index in [-0.39, 0.29) is 5.91 Å². The molecule has 2 bridgehead atoms. The van der Waals surface area contributed by atoms with Gasteiger partial charge in [0, 0.05) is 31.6 Å². The molecular formula is C15H17N3O2. The number of benzene rings is 1. The molecule has 2 fully saturated rings. The molecule has 20 heavy (non-hydrogen) atoms. The van der Waals surface area contributed by atoms with Gasteiger partial charge in [-0.1, -0.05) is 0 Å². The molecule has 3 atom stereocenters. The van der Waals surface area contributed by atoms with Gasteiger partial charge in [-0.05, 0) is 37.1 Å². The second-order valence-electron chi connectivity index (χ2n) is 5.80. The standard InChI is InChI=1S/C15H17N3O2/c1-9-16-12-6-10(2-3-14(12)20-9)15(19)17-13-8-18-5-4-11(13)7-18/h2-3,6,11,13H,4-5,7-8H2,1H3,(H,17,19)/t11-,13?/m0/s1. The van der Waals surface area contributed by atoms with Gasteiger partial charge in [0.05, 0.1) is 0 Å². The molecule has 1 aromatic carbocycles. The minimum absolute atomic E-state index is 0.00805. The second kappa shape index (κ2) is 4.31. The van der Waals surface area contributed by atoms with Crippen molar-refractivity contribution in [1.29, 1.82) is 0 Å². The summed E-state index contributed by atoms with van der Waals surface area (Å²) in [6.07, 6.45) is 1.20. The van der Waals surface area contributed by atoms with Crippen molar-refractivity contribution in [2.75, 3.05) is 19.6 Å². The maximum atomic E-state index is 12.3. The predicted molar refractivity (Wildman–Crippen MR) is 74.5 cm³/mol. The van der Waals surface area contributed by atoms with Crippen molar-refractivity contribution in [2.45, 2.75) is 19.4 Å². The Hall–Kier alpha value is -1.88. The van der Waals surface area contributed by atoms with Crippen molar-refractivity contribution in [3.63, 3.8) is 0 Å². The molecule has 5 heteroatoms. The third-order valence-corrected chi connectivity index (χ3v) is 4.41. The van der Waals surface area contributed by atoms with E-state index in [9.17, 15) is 4.79 Å². The molecule has 2 aromatic rings. The fourth-order valence-electron chi connectivity index (χ4n) is 3.38. The quantitative estimate of drug-likeness (QED) is 0.900. The Labute approximate surface area is 117 Å². The zero-order valence-corrected chi connectivity index (χ0v) is 11.4. The summed E-state index contributed by atoms with van der Waals surface area (Å²) in [5.41, 5.74) is 2.13. The number of aromatic nitrogens is 1. The number of nitrogens with zero attached hydrogens (tertiary/aromatic N) is 2. The number of fused-ring (bicyclic) bond motifs is 3. The lowest BCUT2D eigenvalue weighted by Crippen LogP contribution is -2.43. The van der Waals surface area contributed by atoms with Gasteiger partial charge < -0.3 is 14.6 Å². The number of carbonyl (C=O) groups is 1. The number of amides is 1. The first-order chi connectivity index (χ1) is 9.69. The Morgan fingerprint density at radius 2 is 2.35 bits per heavy atom. The smallest absolute Gasteiger partial charge is 0.251 e. The Bertz CT molecular complexity index is 679. The van der Waals surface area contributed by atoms with Crippen LogP contribution in [0.4, 0.5) is 0 Å². The molecule has 2 aliphatic rings. The summed E-state index contributed by atoms with van der Waals surface area (Å²) in [5, 5.41) is 3.16. The Morgan fingerprint density at radius 1 is 1.45 bits per heavy atom. The van der Waals surface area contributed by atoms with E-state index >= 15 is 0 Å². The van der Waals surface area contributed by atoms with Crippen LogP contribution < -0.4 is 5.32 Å². The van der Waals surface area contributed by atoms with E-state index in [1.54, 1.807) is 12.1 Å². The van der Waals surface area contributed by atoms with Crippen LogP contribution in [0.2, 0.25) is 0 Å². The molecule has 5 nitrogen and oxygen atoms in total. The Morgan fingerprint density at radius 3 is 3.10 bits per heavy atom. The molecule has 2 unspecified atom stereocenters. The maximum Gasteiger partial charge on any atom is 0.251 e. The highest BCUT2D eigenvalue weighted by atomic mass is 16.3. The van der Waals surface area contributed by atoms with Crippen molar-refractivity contribution in [2.24, 2.45) is 5.92 Å². The van der Waals surface area contributed by atoms with E-state index in [4.69, 9.17) is 4.42 Å². The average molecular weight is 271 g/mol. The lowest BCUT2D eigenvalue weighted by Gasteiger charge is -2.23. The predicted octanol–water partition coefficient (Wildman–Crippen LogP) is 1.57. The molecule has 2 saturated heterocycles. The molecule has 0 saturated carbocycles. The van der Waals surface area contributed by atoms with E-state index in [0.717, 1.165) is 24.2 Å². The molecule has 0 radical (unpaired) electrons. The van der Waals surface area contributed by atoms with E-state index in [1.165, 1.54) is 13.0 Å². The highest BCUT2D eigenvalue weighted by Gasteiger charge is 2.38. The fraction of sp³-hybridized carbons (Fsp3) is 0.467. The summed E-state index contributed by atoms with van der Waals surface area (Å²) in [4.78, 5) is 19.0. The average Bonchev–Trinajstić information content (AvgIpc) is 3.10. The molecule has 3 heterocycles. The lowest BCUT2D eigenvalue weighted by molar-refractivity contribution is 0.0924. The van der Waals surface area contributed by atoms with Crippen molar-refractivity contribution >= 4 is 17.0 Å². The van der Waals surface area contributed by atoms with Crippen molar-refractivity contribution < 1.29 is 9.21 Å². The monoisotopic (exact) mass is 271 g/mol. The van der Waals surface area contributed by atoms with Gasteiger partial charge in [-0.3, -0.25) is 4.79 Å². The minimum Gasteiger partial charge on any atom is -0.441 e. The summed E-state index contributed by atoms with van der Waals surface area (Å²) < 4.78 is 5.43. The molecule has 1 aromatic heterocycles. The molecule has 0 spiro atoms. The van der Waals surface area contributed by atoms with Crippen LogP contribution in [-0.4, -0.2) is 41.5 Å². The largest absolute Gasteiger partial charge is 0.441 e. The van der Waals surface area contributed by atoms with E-state index in [2.05, 4.69) is 15.2 Å². The number of nitrogens with one attached hydrogen (secondary N) is 1. The number of rotatable bonds is 2. The highest BCUT2D eigenvalue weighted by molar-refractivity contribution is 5.97. The van der Waals surface area contributed by atoms with Gasteiger partial charge in [-0.25, -0.2) is 4.98 Å². The lowest BCUT2D eigenvalue weighted by atomic mass is 9.99. The summed E-state index contributed by atoms with van der Waals surface area (Å²) in [5.74, 6) is 1.24. The van der Waals surface area contributed by atoms with Crippen LogP contribution in [-0.2, 0) is 0 Å². The normalized spacial score (nSPS) is 28.1. The third kappa shape index (κ3) is 1.89. The van der Waals surface area contributed by atoms with Crippen LogP contribution in [0.5, 0.6) is 0 Å². The highest BCUT2D eigenvalue weighted by Crippen LogP contribution is 2.28. The van der Waals surface area contributed by atoms with Crippen LogP contribution in [0.15, 0.2) is 22.6 Å². The van der Waals surface area contributed by atoms with E-state index < -0.39 is 0 Å². The molecule has 0 aliphatic carbocycles. The first kappa shape index (κ1) is 11.9. The van der Waals surface area contributed by atoms with Gasteiger partial charge in [0.2, 0.25) is 0 Å². The second-order valence-corrected chi connectivity index (χ2v) is 5.80. The van der Waals surface area contributed by atoms with Gasteiger partial charge in [-0.2, -0.15) is 0 Å². The third-order valence-electron chi connectivity index (χ3n) is 4.41. The van der Waals surface area contributed by atoms with Crippen LogP contribution in [0.3, 0.4) is 0 Å². The Kier molecular flexibility index (Phi) is 2.57. The number of hydrogen-bond donors (Lipinski definition) is 1. The summed E-state index contributed by atoms with van der Waals surface area (Å²) in [7, 11) is 0. The molecule has 4 rings (SSSR count). The van der Waals surface area contributed by atoms with Crippen LogP contribution in [0.25, 0.3) is 11.1 Å². The first-order valence-electron chi connectivity index (χ1n) is 7.09.